The van der Waals surface area contributed by atoms with Crippen LogP contribution in [-0.4, -0.2) is 8.32 Å². The van der Waals surface area contributed by atoms with Crippen molar-refractivity contribution in [1.29, 1.82) is 0 Å². The van der Waals surface area contributed by atoms with Gasteiger partial charge in [-0.05, 0) is 55.6 Å². The molecule has 0 bridgehead atoms. The van der Waals surface area contributed by atoms with E-state index in [-0.39, 0.29) is 0 Å². The Morgan fingerprint density at radius 2 is 2.00 bits per heavy atom. The lowest BCUT2D eigenvalue weighted by Crippen LogP contribution is -2.26. The molecule has 120 valence electrons. The molecule has 1 aromatic rings. The number of rotatable bonds is 5. The summed E-state index contributed by atoms with van der Waals surface area (Å²) < 4.78 is 6.11. The molecule has 0 atom stereocenters. The molecule has 23 heavy (non-hydrogen) atoms. The highest BCUT2D eigenvalue weighted by atomic mass is 35.5. The van der Waals surface area contributed by atoms with Gasteiger partial charge >= 0.3 is 0 Å². The minimum absolute atomic E-state index is 0.673. The molecule has 1 aliphatic heterocycles. The van der Waals surface area contributed by atoms with Gasteiger partial charge in [-0.15, -0.1) is 0 Å². The smallest absolute Gasteiger partial charge is 0.242 e. The first-order valence-corrected chi connectivity index (χ1v) is 11.3. The maximum atomic E-state index is 6.11. The van der Waals surface area contributed by atoms with E-state index < -0.39 is 8.32 Å². The van der Waals surface area contributed by atoms with Crippen LogP contribution in [-0.2, 0) is 4.43 Å². The SMILES string of the molecule is C=C(O[Si](C)(C)C)C(=Cc1cccc(Cl)c1)C1=CC=CC=CN1. The topological polar surface area (TPSA) is 21.3 Å². The van der Waals surface area contributed by atoms with Crippen LogP contribution in [0.15, 0.2) is 78.4 Å². The molecule has 2 rings (SSSR count). The van der Waals surface area contributed by atoms with E-state index in [0.717, 1.165) is 16.8 Å². The average molecular weight is 344 g/mol. The fourth-order valence-corrected chi connectivity index (χ4v) is 3.17. The maximum Gasteiger partial charge on any atom is 0.242 e. The summed E-state index contributed by atoms with van der Waals surface area (Å²) in [5.74, 6) is 0.673. The Balaban J connectivity index is 2.42. The lowest BCUT2D eigenvalue weighted by molar-refractivity contribution is 0.437. The van der Waals surface area contributed by atoms with Gasteiger partial charge in [0.25, 0.3) is 0 Å². The van der Waals surface area contributed by atoms with Crippen molar-refractivity contribution in [1.82, 2.24) is 5.32 Å². The van der Waals surface area contributed by atoms with Crippen LogP contribution in [0, 0.1) is 0 Å². The third-order valence-corrected chi connectivity index (χ3v) is 4.09. The van der Waals surface area contributed by atoms with Gasteiger partial charge in [0, 0.05) is 22.5 Å². The molecule has 0 saturated heterocycles. The summed E-state index contributed by atoms with van der Waals surface area (Å²) in [6.07, 6.45) is 11.8. The van der Waals surface area contributed by atoms with Gasteiger partial charge in [0.2, 0.25) is 8.32 Å². The van der Waals surface area contributed by atoms with Gasteiger partial charge in [0.05, 0.1) is 0 Å². The fourth-order valence-electron chi connectivity index (χ4n) is 2.12. The lowest BCUT2D eigenvalue weighted by atomic mass is 10.1. The minimum Gasteiger partial charge on any atom is -0.544 e. The van der Waals surface area contributed by atoms with Crippen LogP contribution in [0.4, 0.5) is 0 Å². The summed E-state index contributed by atoms with van der Waals surface area (Å²) in [5, 5.41) is 3.98. The van der Waals surface area contributed by atoms with E-state index in [1.165, 1.54) is 0 Å². The molecule has 0 unspecified atom stereocenters. The van der Waals surface area contributed by atoms with Gasteiger partial charge in [0.1, 0.15) is 5.76 Å². The van der Waals surface area contributed by atoms with Crippen LogP contribution in [0.25, 0.3) is 6.08 Å². The molecule has 0 saturated carbocycles. The second-order valence-corrected chi connectivity index (χ2v) is 11.1. The largest absolute Gasteiger partial charge is 0.544 e. The molecule has 0 fully saturated rings. The number of benzene rings is 1. The summed E-state index contributed by atoms with van der Waals surface area (Å²) in [5.41, 5.74) is 2.87. The fraction of sp³-hybridized carbons (Fsp3) is 0.158. The van der Waals surface area contributed by atoms with Crippen LogP contribution in [0.5, 0.6) is 0 Å². The van der Waals surface area contributed by atoms with Crippen LogP contribution < -0.4 is 5.32 Å². The molecule has 1 N–H and O–H groups in total. The minimum atomic E-state index is -1.74. The molecule has 1 heterocycles. The van der Waals surface area contributed by atoms with Crippen molar-refractivity contribution in [3.05, 3.63) is 89.0 Å². The zero-order valence-electron chi connectivity index (χ0n) is 13.8. The van der Waals surface area contributed by atoms with Crippen molar-refractivity contribution in [3.63, 3.8) is 0 Å². The predicted octanol–water partition coefficient (Wildman–Crippen LogP) is 5.65. The van der Waals surface area contributed by atoms with Gasteiger partial charge in [-0.2, -0.15) is 0 Å². The number of allylic oxidation sites excluding steroid dienone is 4. The highest BCUT2D eigenvalue weighted by Crippen LogP contribution is 2.25. The molecule has 0 aliphatic carbocycles. The van der Waals surface area contributed by atoms with Gasteiger partial charge in [-0.25, -0.2) is 0 Å². The van der Waals surface area contributed by atoms with Crippen LogP contribution >= 0.6 is 11.6 Å². The van der Waals surface area contributed by atoms with E-state index in [0.29, 0.717) is 10.8 Å². The van der Waals surface area contributed by atoms with Crippen molar-refractivity contribution in [2.75, 3.05) is 0 Å². The van der Waals surface area contributed by atoms with E-state index in [4.69, 9.17) is 16.0 Å². The summed E-state index contributed by atoms with van der Waals surface area (Å²) in [6.45, 7) is 10.6. The average Bonchev–Trinajstić information content (AvgIpc) is 2.72. The molecule has 2 nitrogen and oxygen atoms in total. The van der Waals surface area contributed by atoms with Crippen molar-refractivity contribution >= 4 is 26.0 Å². The van der Waals surface area contributed by atoms with Crippen molar-refractivity contribution in [3.8, 4) is 0 Å². The molecule has 0 radical (unpaired) electrons. The van der Waals surface area contributed by atoms with E-state index in [1.807, 2.05) is 60.8 Å². The lowest BCUT2D eigenvalue weighted by Gasteiger charge is -2.24. The summed E-state index contributed by atoms with van der Waals surface area (Å²) in [4.78, 5) is 0. The number of halogens is 1. The molecular weight excluding hydrogens is 322 g/mol. The molecule has 1 aromatic carbocycles. The van der Waals surface area contributed by atoms with E-state index >= 15 is 0 Å². The summed E-state index contributed by atoms with van der Waals surface area (Å²) in [7, 11) is -1.74. The Bertz CT molecular complexity index is 708. The Morgan fingerprint density at radius 1 is 1.22 bits per heavy atom. The highest BCUT2D eigenvalue weighted by Gasteiger charge is 2.20. The molecule has 1 aliphatic rings. The van der Waals surface area contributed by atoms with Gasteiger partial charge in [-0.3, -0.25) is 0 Å². The van der Waals surface area contributed by atoms with Crippen molar-refractivity contribution < 1.29 is 4.43 Å². The summed E-state index contributed by atoms with van der Waals surface area (Å²) >= 11 is 6.10. The van der Waals surface area contributed by atoms with Crippen molar-refractivity contribution in [2.24, 2.45) is 0 Å². The van der Waals surface area contributed by atoms with Crippen LogP contribution in [0.2, 0.25) is 24.7 Å². The number of nitrogens with one attached hydrogen (secondary N) is 1. The monoisotopic (exact) mass is 343 g/mol. The molecule has 0 spiro atoms. The van der Waals surface area contributed by atoms with E-state index in [9.17, 15) is 0 Å². The van der Waals surface area contributed by atoms with E-state index in [2.05, 4.69) is 31.5 Å². The molecule has 0 amide bonds. The second-order valence-electron chi connectivity index (χ2n) is 6.22. The molecule has 0 aromatic heterocycles. The first-order chi connectivity index (χ1) is 10.8. The second kappa shape index (κ2) is 7.53. The zero-order valence-corrected chi connectivity index (χ0v) is 15.5. The molecule has 4 heteroatoms. The first-order valence-electron chi connectivity index (χ1n) is 7.51. The maximum absolute atomic E-state index is 6.11. The van der Waals surface area contributed by atoms with E-state index in [1.54, 1.807) is 0 Å². The zero-order chi connectivity index (χ0) is 16.9. The number of hydrogen-bond acceptors (Lipinski definition) is 2. The first kappa shape index (κ1) is 17.4. The summed E-state index contributed by atoms with van der Waals surface area (Å²) in [6, 6.07) is 7.73. The van der Waals surface area contributed by atoms with Crippen LogP contribution in [0.1, 0.15) is 5.56 Å². The number of hydrogen-bond donors (Lipinski definition) is 1. The molecular formula is C19H22ClNOSi. The Kier molecular flexibility index (Phi) is 5.69. The van der Waals surface area contributed by atoms with Crippen LogP contribution in [0.3, 0.4) is 0 Å². The van der Waals surface area contributed by atoms with Gasteiger partial charge < -0.3 is 9.74 Å². The van der Waals surface area contributed by atoms with Gasteiger partial charge in [-0.1, -0.05) is 42.5 Å². The third kappa shape index (κ3) is 5.62. The van der Waals surface area contributed by atoms with Crippen molar-refractivity contribution in [2.45, 2.75) is 19.6 Å². The third-order valence-electron chi connectivity index (χ3n) is 3.00. The quantitative estimate of drug-likeness (QED) is 0.424. The Labute approximate surface area is 144 Å². The highest BCUT2D eigenvalue weighted by molar-refractivity contribution is 6.70. The van der Waals surface area contributed by atoms with Gasteiger partial charge in [0.15, 0.2) is 0 Å². The Morgan fingerprint density at radius 3 is 2.70 bits per heavy atom. The Hall–Kier alpha value is -1.97. The standard InChI is InChI=1S/C19H22ClNOSi/c1-15(22-23(2,3)4)18(19-11-6-5-7-12-21-19)14-16-9-8-10-17(20)13-16/h5-14,21H,1H2,2-4H3. The predicted molar refractivity (Wildman–Crippen MR) is 102 cm³/mol. The normalized spacial score (nSPS) is 14.8.